The van der Waals surface area contributed by atoms with E-state index in [9.17, 15) is 0 Å². The average molecular weight is 475 g/mol. The zero-order chi connectivity index (χ0) is 22.1. The van der Waals surface area contributed by atoms with Crippen LogP contribution in [-0.4, -0.2) is 15.0 Å². The zero-order valence-corrected chi connectivity index (χ0v) is 21.1. The van der Waals surface area contributed by atoms with Crippen LogP contribution in [0.15, 0.2) is 52.9 Å². The summed E-state index contributed by atoms with van der Waals surface area (Å²) in [5.74, 6) is 0.992. The molecular weight excluding hydrogens is 445 g/mol. The van der Waals surface area contributed by atoms with Gasteiger partial charge in [0.15, 0.2) is 0 Å². The Morgan fingerprint density at radius 2 is 1.45 bits per heavy atom. The molecule has 158 valence electrons. The van der Waals surface area contributed by atoms with Crippen molar-refractivity contribution in [1.29, 1.82) is 0 Å². The zero-order valence-electron chi connectivity index (χ0n) is 19.4. The minimum absolute atomic E-state index is 0.121. The van der Waals surface area contributed by atoms with Crippen LogP contribution >= 0.6 is 0 Å². The van der Waals surface area contributed by atoms with Crippen molar-refractivity contribution < 1.29 is 4.42 Å². The number of nitrogens with zero attached hydrogens (tertiary/aromatic N) is 1. The summed E-state index contributed by atoms with van der Waals surface area (Å²) in [6, 6.07) is 18.1. The number of fused-ring (bicyclic) bond motifs is 4. The number of benzene rings is 3. The molecule has 1 aliphatic heterocycles. The molecule has 0 aliphatic carbocycles. The summed E-state index contributed by atoms with van der Waals surface area (Å²) in [5.41, 5.74) is 10.1. The number of rotatable bonds is 1. The molecule has 0 saturated heterocycles. The molecule has 0 atom stereocenters. The molecule has 3 aromatic carbocycles. The average Bonchev–Trinajstić information content (AvgIpc) is 3.03. The fourth-order valence-electron chi connectivity index (χ4n) is 4.49. The summed E-state index contributed by atoms with van der Waals surface area (Å²) in [6.07, 6.45) is 0. The van der Waals surface area contributed by atoms with Crippen molar-refractivity contribution in [1.82, 2.24) is 0 Å². The van der Waals surface area contributed by atoms with E-state index in [0.29, 0.717) is 0 Å². The maximum absolute atomic E-state index is 6.55. The van der Waals surface area contributed by atoms with Crippen molar-refractivity contribution >= 4 is 52.1 Å². The number of hydrogen-bond donors (Lipinski definition) is 0. The predicted molar refractivity (Wildman–Crippen MR) is 134 cm³/mol. The SMILES string of the molecule is Cc1ccc2c(c1)[Se]c1c(oc3ccc(C)cc13)N2c1c(C)cc(C(C)(C)C)cc1C. The summed E-state index contributed by atoms with van der Waals surface area (Å²) in [5, 5.41) is 1.26. The molecule has 31 heavy (non-hydrogen) atoms. The summed E-state index contributed by atoms with van der Waals surface area (Å²) < 4.78 is 9.32. The fraction of sp³-hybridized carbons (Fsp3) is 0.286. The van der Waals surface area contributed by atoms with E-state index >= 15 is 0 Å². The van der Waals surface area contributed by atoms with Gasteiger partial charge >= 0.3 is 192 Å². The Bertz CT molecular complexity index is 1320. The van der Waals surface area contributed by atoms with Crippen LogP contribution in [-0.2, 0) is 5.41 Å². The van der Waals surface area contributed by atoms with Crippen LogP contribution in [0.4, 0.5) is 17.3 Å². The monoisotopic (exact) mass is 475 g/mol. The van der Waals surface area contributed by atoms with Crippen LogP contribution in [0.5, 0.6) is 0 Å². The van der Waals surface area contributed by atoms with Gasteiger partial charge in [-0.15, -0.1) is 0 Å². The first-order valence-electron chi connectivity index (χ1n) is 10.9. The molecule has 0 fully saturated rings. The van der Waals surface area contributed by atoms with Gasteiger partial charge in [-0.3, -0.25) is 0 Å². The quantitative estimate of drug-likeness (QED) is 0.261. The normalized spacial score (nSPS) is 13.5. The predicted octanol–water partition coefficient (Wildman–Crippen LogP) is 6.40. The molecule has 3 heteroatoms. The molecule has 0 N–H and O–H groups in total. The molecule has 0 unspecified atom stereocenters. The summed E-state index contributed by atoms with van der Waals surface area (Å²) in [6.45, 7) is 15.6. The van der Waals surface area contributed by atoms with E-state index in [2.05, 4.69) is 102 Å². The third kappa shape index (κ3) is 3.32. The molecule has 2 heterocycles. The number of anilines is 3. The standard InChI is InChI=1S/C28H29NOSe/c1-16-9-11-23-21(12-16)26-27(30-23)29(22-10-8-17(2)13-24(22)31-26)25-18(3)14-20(15-19(25)4)28(5,6)7/h8-15H,1-7H3. The van der Waals surface area contributed by atoms with Crippen LogP contribution in [0.2, 0.25) is 0 Å². The Balaban J connectivity index is 1.81. The van der Waals surface area contributed by atoms with Gasteiger partial charge in [-0.05, 0) is 0 Å². The second-order valence-corrected chi connectivity index (χ2v) is 12.1. The molecular formula is C28H29NOSe. The summed E-state index contributed by atoms with van der Waals surface area (Å²) >= 11 is 0.208. The molecule has 0 saturated carbocycles. The molecule has 0 bridgehead atoms. The number of aryl methyl sites for hydroxylation is 4. The van der Waals surface area contributed by atoms with Gasteiger partial charge in [0, 0.05) is 0 Å². The van der Waals surface area contributed by atoms with Crippen molar-refractivity contribution in [2.24, 2.45) is 0 Å². The summed E-state index contributed by atoms with van der Waals surface area (Å²) in [4.78, 5) is 2.38. The van der Waals surface area contributed by atoms with E-state index in [1.807, 2.05) is 0 Å². The molecule has 1 aliphatic rings. The topological polar surface area (TPSA) is 16.4 Å². The Morgan fingerprint density at radius 3 is 2.13 bits per heavy atom. The Labute approximate surface area is 191 Å². The van der Waals surface area contributed by atoms with E-state index < -0.39 is 0 Å². The van der Waals surface area contributed by atoms with Gasteiger partial charge in [-0.25, -0.2) is 0 Å². The fourth-order valence-corrected chi connectivity index (χ4v) is 7.05. The van der Waals surface area contributed by atoms with Crippen LogP contribution in [0.25, 0.3) is 11.0 Å². The van der Waals surface area contributed by atoms with Gasteiger partial charge in [0.1, 0.15) is 0 Å². The third-order valence-electron chi connectivity index (χ3n) is 6.13. The molecule has 5 rings (SSSR count). The Hall–Kier alpha value is -2.48. The van der Waals surface area contributed by atoms with Gasteiger partial charge in [0.05, 0.1) is 0 Å². The van der Waals surface area contributed by atoms with Gasteiger partial charge in [-0.1, -0.05) is 0 Å². The second-order valence-electron chi connectivity index (χ2n) is 9.85. The number of furan rings is 1. The third-order valence-corrected chi connectivity index (χ3v) is 8.54. The van der Waals surface area contributed by atoms with Crippen molar-refractivity contribution in [3.63, 3.8) is 0 Å². The molecule has 0 amide bonds. The second kappa shape index (κ2) is 7.02. The first-order valence-corrected chi connectivity index (χ1v) is 12.6. The van der Waals surface area contributed by atoms with Crippen LogP contribution in [0, 0.1) is 27.7 Å². The molecule has 2 nitrogen and oxygen atoms in total. The van der Waals surface area contributed by atoms with Crippen molar-refractivity contribution in [2.75, 3.05) is 4.90 Å². The van der Waals surface area contributed by atoms with Crippen molar-refractivity contribution in [2.45, 2.75) is 53.9 Å². The first kappa shape index (κ1) is 20.4. The molecule has 1 aromatic heterocycles. The van der Waals surface area contributed by atoms with Gasteiger partial charge in [0.25, 0.3) is 0 Å². The first-order chi connectivity index (χ1) is 14.6. The summed E-state index contributed by atoms with van der Waals surface area (Å²) in [7, 11) is 0. The van der Waals surface area contributed by atoms with Crippen molar-refractivity contribution in [3.05, 3.63) is 76.3 Å². The van der Waals surface area contributed by atoms with Crippen LogP contribution in [0.1, 0.15) is 48.6 Å². The van der Waals surface area contributed by atoms with E-state index in [1.54, 1.807) is 0 Å². The number of hydrogen-bond acceptors (Lipinski definition) is 2. The molecule has 4 aromatic rings. The van der Waals surface area contributed by atoms with Crippen LogP contribution in [0.3, 0.4) is 0 Å². The van der Waals surface area contributed by atoms with Crippen LogP contribution < -0.4 is 13.8 Å². The Kier molecular flexibility index (Phi) is 4.62. The Morgan fingerprint density at radius 1 is 0.806 bits per heavy atom. The molecule has 0 radical (unpaired) electrons. The van der Waals surface area contributed by atoms with Gasteiger partial charge < -0.3 is 0 Å². The van der Waals surface area contributed by atoms with Gasteiger partial charge in [-0.2, -0.15) is 0 Å². The van der Waals surface area contributed by atoms with E-state index in [0.717, 1.165) is 11.5 Å². The van der Waals surface area contributed by atoms with E-state index in [-0.39, 0.29) is 20.4 Å². The molecule has 0 spiro atoms. The van der Waals surface area contributed by atoms with Gasteiger partial charge in [0.2, 0.25) is 0 Å². The van der Waals surface area contributed by atoms with E-state index in [1.165, 1.54) is 53.5 Å². The minimum atomic E-state index is 0.121. The van der Waals surface area contributed by atoms with Crippen molar-refractivity contribution in [3.8, 4) is 0 Å². The maximum atomic E-state index is 6.55. The van der Waals surface area contributed by atoms with E-state index in [4.69, 9.17) is 4.42 Å².